The summed E-state index contributed by atoms with van der Waals surface area (Å²) in [6.07, 6.45) is 11.7. The highest BCUT2D eigenvalue weighted by molar-refractivity contribution is 5.84. The summed E-state index contributed by atoms with van der Waals surface area (Å²) in [7, 11) is 0. The lowest BCUT2D eigenvalue weighted by atomic mass is 9.44. The number of allylic oxidation sites excluding steroid dienone is 1. The highest BCUT2D eigenvalue weighted by Crippen LogP contribution is 2.63. The molecule has 0 aromatic heterocycles. The Hall–Kier alpha value is -0.590. The Morgan fingerprint density at radius 2 is 1.90 bits per heavy atom. The molecule has 3 aliphatic rings. The van der Waals surface area contributed by atoms with Crippen LogP contribution in [0.3, 0.4) is 0 Å². The van der Waals surface area contributed by atoms with Crippen molar-refractivity contribution in [2.45, 2.75) is 72.1 Å². The van der Waals surface area contributed by atoms with Crippen LogP contribution in [-0.4, -0.2) is 5.78 Å². The molecule has 0 radical (unpaired) electrons. The quantitative estimate of drug-likeness (QED) is 0.622. The summed E-state index contributed by atoms with van der Waals surface area (Å²) in [4.78, 5) is 12.9. The van der Waals surface area contributed by atoms with Gasteiger partial charge in [0.1, 0.15) is 5.78 Å². The van der Waals surface area contributed by atoms with Crippen molar-refractivity contribution in [1.82, 2.24) is 0 Å². The maximum Gasteiger partial charge on any atom is 0.139 e. The number of ketones is 1. The molecule has 118 valence electrons. The standard InChI is InChI=1S/C20H32O/c1-5-7-14-8-10-16-15(18(14)21)9-11-17-19(2,3)12-6-13-20(16,17)4/h5,14-17H,1,6-13H2,2-4H3/t14-,15+,16-,17-,20+/m0/s1. The van der Waals surface area contributed by atoms with Crippen molar-refractivity contribution in [1.29, 1.82) is 0 Å². The number of rotatable bonds is 2. The molecule has 0 aliphatic heterocycles. The smallest absolute Gasteiger partial charge is 0.139 e. The fraction of sp³-hybridized carbons (Fsp3) is 0.850. The molecule has 3 rings (SSSR count). The van der Waals surface area contributed by atoms with E-state index in [1.54, 1.807) is 0 Å². The zero-order valence-corrected chi connectivity index (χ0v) is 14.2. The van der Waals surface area contributed by atoms with Crippen LogP contribution in [0.25, 0.3) is 0 Å². The van der Waals surface area contributed by atoms with E-state index in [2.05, 4.69) is 27.4 Å². The van der Waals surface area contributed by atoms with Gasteiger partial charge in [-0.15, -0.1) is 6.58 Å². The molecule has 1 heteroatoms. The van der Waals surface area contributed by atoms with Gasteiger partial charge in [0.15, 0.2) is 0 Å². The van der Waals surface area contributed by atoms with E-state index < -0.39 is 0 Å². The molecule has 0 unspecified atom stereocenters. The minimum atomic E-state index is 0.278. The summed E-state index contributed by atoms with van der Waals surface area (Å²) < 4.78 is 0. The van der Waals surface area contributed by atoms with Crippen molar-refractivity contribution in [2.24, 2.45) is 34.5 Å². The fourth-order valence-electron chi connectivity index (χ4n) is 6.47. The molecule has 3 saturated carbocycles. The fourth-order valence-corrected chi connectivity index (χ4v) is 6.47. The van der Waals surface area contributed by atoms with Gasteiger partial charge in [-0.1, -0.05) is 33.3 Å². The molecule has 0 bridgehead atoms. The summed E-state index contributed by atoms with van der Waals surface area (Å²) >= 11 is 0. The summed E-state index contributed by atoms with van der Waals surface area (Å²) in [6, 6.07) is 0. The molecule has 0 spiro atoms. The molecule has 0 N–H and O–H groups in total. The Balaban J connectivity index is 1.86. The van der Waals surface area contributed by atoms with Gasteiger partial charge < -0.3 is 0 Å². The highest BCUT2D eigenvalue weighted by Gasteiger charge is 2.57. The molecule has 0 aromatic carbocycles. The first-order valence-electron chi connectivity index (χ1n) is 9.05. The number of carbonyl (C=O) groups is 1. The van der Waals surface area contributed by atoms with Crippen LogP contribution in [0.1, 0.15) is 72.1 Å². The molecule has 0 saturated heterocycles. The predicted octanol–water partition coefficient (Wildman–Crippen LogP) is 5.40. The van der Waals surface area contributed by atoms with Crippen LogP contribution in [0.4, 0.5) is 0 Å². The Morgan fingerprint density at radius 3 is 2.62 bits per heavy atom. The van der Waals surface area contributed by atoms with Gasteiger partial charge in [0.2, 0.25) is 0 Å². The Labute approximate surface area is 130 Å². The second-order valence-electron chi connectivity index (χ2n) is 8.89. The summed E-state index contributed by atoms with van der Waals surface area (Å²) in [5.74, 6) is 2.70. The lowest BCUT2D eigenvalue weighted by Gasteiger charge is -2.60. The molecule has 0 heterocycles. The maximum absolute atomic E-state index is 12.9. The predicted molar refractivity (Wildman–Crippen MR) is 88.0 cm³/mol. The number of hydrogen-bond donors (Lipinski definition) is 0. The van der Waals surface area contributed by atoms with Gasteiger partial charge in [-0.05, 0) is 67.6 Å². The van der Waals surface area contributed by atoms with E-state index in [0.29, 0.717) is 28.4 Å². The van der Waals surface area contributed by atoms with E-state index >= 15 is 0 Å². The maximum atomic E-state index is 12.9. The van der Waals surface area contributed by atoms with Crippen molar-refractivity contribution in [3.8, 4) is 0 Å². The van der Waals surface area contributed by atoms with Gasteiger partial charge in [-0.25, -0.2) is 0 Å². The van der Waals surface area contributed by atoms with Gasteiger partial charge in [-0.3, -0.25) is 4.79 Å². The van der Waals surface area contributed by atoms with E-state index in [1.165, 1.54) is 32.1 Å². The minimum Gasteiger partial charge on any atom is -0.299 e. The topological polar surface area (TPSA) is 17.1 Å². The Kier molecular flexibility index (Phi) is 3.83. The molecule has 0 aromatic rings. The van der Waals surface area contributed by atoms with Crippen LogP contribution in [0.2, 0.25) is 0 Å². The van der Waals surface area contributed by atoms with Gasteiger partial charge in [0, 0.05) is 11.8 Å². The summed E-state index contributed by atoms with van der Waals surface area (Å²) in [5.41, 5.74) is 0.887. The Morgan fingerprint density at radius 1 is 1.14 bits per heavy atom. The number of hydrogen-bond acceptors (Lipinski definition) is 1. The van der Waals surface area contributed by atoms with Crippen molar-refractivity contribution >= 4 is 5.78 Å². The number of Topliss-reactive ketones (excluding diaryl/α,β-unsaturated/α-hetero) is 1. The number of carbonyl (C=O) groups excluding carboxylic acids is 1. The second-order valence-corrected chi connectivity index (χ2v) is 8.89. The third-order valence-corrected chi connectivity index (χ3v) is 7.42. The third-order valence-electron chi connectivity index (χ3n) is 7.42. The molecule has 5 atom stereocenters. The third kappa shape index (κ3) is 2.32. The molecule has 3 aliphatic carbocycles. The highest BCUT2D eigenvalue weighted by atomic mass is 16.1. The number of fused-ring (bicyclic) bond motifs is 3. The average Bonchev–Trinajstić information content (AvgIpc) is 2.41. The molecular formula is C20H32O. The normalized spacial score (nSPS) is 45.6. The van der Waals surface area contributed by atoms with Gasteiger partial charge in [0.05, 0.1) is 0 Å². The first-order chi connectivity index (χ1) is 9.90. The minimum absolute atomic E-state index is 0.278. The van der Waals surface area contributed by atoms with E-state index in [-0.39, 0.29) is 5.92 Å². The van der Waals surface area contributed by atoms with Crippen LogP contribution in [-0.2, 0) is 4.79 Å². The first kappa shape index (κ1) is 15.3. The van der Waals surface area contributed by atoms with Gasteiger partial charge in [0.25, 0.3) is 0 Å². The molecule has 1 nitrogen and oxygen atoms in total. The zero-order chi connectivity index (χ0) is 15.3. The van der Waals surface area contributed by atoms with Crippen LogP contribution in [0.15, 0.2) is 12.7 Å². The monoisotopic (exact) mass is 288 g/mol. The van der Waals surface area contributed by atoms with Crippen LogP contribution in [0.5, 0.6) is 0 Å². The van der Waals surface area contributed by atoms with Crippen molar-refractivity contribution in [2.75, 3.05) is 0 Å². The summed E-state index contributed by atoms with van der Waals surface area (Å²) in [6.45, 7) is 11.3. The van der Waals surface area contributed by atoms with E-state index in [0.717, 1.165) is 25.2 Å². The SMILES string of the molecule is C=CC[C@H]1CC[C@H]2[C@@H](CC[C@H]3C(C)(C)CCC[C@]23C)C1=O. The van der Waals surface area contributed by atoms with Gasteiger partial charge in [-0.2, -0.15) is 0 Å². The van der Waals surface area contributed by atoms with Gasteiger partial charge >= 0.3 is 0 Å². The molecule has 0 amide bonds. The Bertz CT molecular complexity index is 435. The van der Waals surface area contributed by atoms with Crippen LogP contribution >= 0.6 is 0 Å². The average molecular weight is 288 g/mol. The van der Waals surface area contributed by atoms with E-state index in [1.807, 2.05) is 6.08 Å². The molecule has 21 heavy (non-hydrogen) atoms. The lowest BCUT2D eigenvalue weighted by molar-refractivity contribution is -0.151. The van der Waals surface area contributed by atoms with Crippen molar-refractivity contribution in [3.63, 3.8) is 0 Å². The largest absolute Gasteiger partial charge is 0.299 e. The lowest BCUT2D eigenvalue weighted by Crippen LogP contribution is -2.55. The van der Waals surface area contributed by atoms with Crippen molar-refractivity contribution in [3.05, 3.63) is 12.7 Å². The molecular weight excluding hydrogens is 256 g/mol. The van der Waals surface area contributed by atoms with Crippen LogP contribution in [0, 0.1) is 34.5 Å². The van der Waals surface area contributed by atoms with Crippen LogP contribution < -0.4 is 0 Å². The second kappa shape index (κ2) is 5.25. The summed E-state index contributed by atoms with van der Waals surface area (Å²) in [5, 5.41) is 0. The van der Waals surface area contributed by atoms with Crippen molar-refractivity contribution < 1.29 is 4.79 Å². The van der Waals surface area contributed by atoms with E-state index in [9.17, 15) is 4.79 Å². The first-order valence-corrected chi connectivity index (χ1v) is 9.05. The molecule has 3 fully saturated rings. The van der Waals surface area contributed by atoms with E-state index in [4.69, 9.17) is 0 Å². The zero-order valence-electron chi connectivity index (χ0n) is 14.2.